The molecule has 0 bridgehead atoms. The lowest BCUT2D eigenvalue weighted by Gasteiger charge is -2.14. The zero-order valence-electron chi connectivity index (χ0n) is 7.63. The number of hydrogen-bond acceptors (Lipinski definition) is 2. The van der Waals surface area contributed by atoms with E-state index in [4.69, 9.17) is 12.2 Å². The van der Waals surface area contributed by atoms with E-state index in [0.717, 1.165) is 0 Å². The first-order valence-electron chi connectivity index (χ1n) is 4.11. The van der Waals surface area contributed by atoms with E-state index in [2.05, 4.69) is 11.2 Å². The molecule has 68 valence electrons. The largest absolute Gasteiger partial charge is 0.351 e. The maximum absolute atomic E-state index is 11.2. The van der Waals surface area contributed by atoms with E-state index in [1.807, 2.05) is 13.8 Å². The number of carbonyl (C=O) groups is 1. The number of terminal acetylenes is 1. The molecule has 0 radical (unpaired) electrons. The van der Waals surface area contributed by atoms with Gasteiger partial charge in [0.25, 0.3) is 0 Å². The number of nitrogens with two attached hydrogens (primary N) is 1. The highest BCUT2D eigenvalue weighted by molar-refractivity contribution is 5.81. The molecule has 0 fully saturated rings. The fraction of sp³-hybridized carbons (Fsp3) is 0.667. The third kappa shape index (κ3) is 3.99. The maximum atomic E-state index is 11.2. The van der Waals surface area contributed by atoms with Gasteiger partial charge in [0.15, 0.2) is 0 Å². The number of rotatable bonds is 4. The zero-order valence-corrected chi connectivity index (χ0v) is 7.63. The van der Waals surface area contributed by atoms with E-state index in [-0.39, 0.29) is 11.9 Å². The number of hydrogen-bond donors (Lipinski definition) is 2. The molecule has 0 rings (SSSR count). The SMILES string of the molecule is C#CCC(C)NC(=O)[C@H](N)CC. The molecule has 0 heterocycles. The van der Waals surface area contributed by atoms with Crippen molar-refractivity contribution < 1.29 is 4.79 Å². The topological polar surface area (TPSA) is 55.1 Å². The Morgan fingerprint density at radius 1 is 1.75 bits per heavy atom. The van der Waals surface area contributed by atoms with Crippen LogP contribution in [0.4, 0.5) is 0 Å². The van der Waals surface area contributed by atoms with Crippen molar-refractivity contribution in [1.29, 1.82) is 0 Å². The Kier molecular flexibility index (Phi) is 5.14. The van der Waals surface area contributed by atoms with Gasteiger partial charge >= 0.3 is 0 Å². The molecule has 0 aromatic rings. The van der Waals surface area contributed by atoms with Crippen LogP contribution < -0.4 is 11.1 Å². The second-order valence-corrected chi connectivity index (χ2v) is 2.83. The summed E-state index contributed by atoms with van der Waals surface area (Å²) in [7, 11) is 0. The molecule has 3 N–H and O–H groups in total. The van der Waals surface area contributed by atoms with Gasteiger partial charge in [-0.15, -0.1) is 12.3 Å². The van der Waals surface area contributed by atoms with Gasteiger partial charge in [-0.3, -0.25) is 4.79 Å². The Bertz CT molecular complexity index is 183. The van der Waals surface area contributed by atoms with Gasteiger partial charge in [-0.05, 0) is 13.3 Å². The van der Waals surface area contributed by atoms with Gasteiger partial charge in [-0.25, -0.2) is 0 Å². The minimum atomic E-state index is -0.412. The summed E-state index contributed by atoms with van der Waals surface area (Å²) in [6.45, 7) is 3.73. The average Bonchev–Trinajstić information content (AvgIpc) is 2.03. The summed E-state index contributed by atoms with van der Waals surface area (Å²) in [6.07, 6.45) is 6.27. The van der Waals surface area contributed by atoms with Crippen molar-refractivity contribution in [2.45, 2.75) is 38.8 Å². The van der Waals surface area contributed by atoms with E-state index in [9.17, 15) is 4.79 Å². The van der Waals surface area contributed by atoms with Crippen LogP contribution in [0.15, 0.2) is 0 Å². The standard InChI is InChI=1S/C9H16N2O/c1-4-6-7(3)11-9(12)8(10)5-2/h1,7-8H,5-6,10H2,2-3H3,(H,11,12)/t7?,8-/m1/s1. The molecule has 0 spiro atoms. The molecule has 0 aliphatic rings. The van der Waals surface area contributed by atoms with Crippen LogP contribution >= 0.6 is 0 Å². The number of nitrogens with one attached hydrogen (secondary N) is 1. The monoisotopic (exact) mass is 168 g/mol. The first-order valence-corrected chi connectivity index (χ1v) is 4.11. The lowest BCUT2D eigenvalue weighted by atomic mass is 10.2. The second-order valence-electron chi connectivity index (χ2n) is 2.83. The van der Waals surface area contributed by atoms with Crippen molar-refractivity contribution in [2.24, 2.45) is 5.73 Å². The lowest BCUT2D eigenvalue weighted by molar-refractivity contribution is -0.122. The van der Waals surface area contributed by atoms with Crippen LogP contribution in [-0.2, 0) is 4.79 Å². The third-order valence-corrected chi connectivity index (χ3v) is 1.59. The smallest absolute Gasteiger partial charge is 0.237 e. The van der Waals surface area contributed by atoms with Crippen LogP contribution in [-0.4, -0.2) is 18.0 Å². The Hall–Kier alpha value is -1.01. The van der Waals surface area contributed by atoms with Gasteiger partial charge in [-0.2, -0.15) is 0 Å². The second kappa shape index (κ2) is 5.62. The predicted octanol–water partition coefficient (Wildman–Crippen LogP) is 0.252. The Morgan fingerprint density at radius 3 is 2.75 bits per heavy atom. The number of amides is 1. The minimum absolute atomic E-state index is 0.0140. The summed E-state index contributed by atoms with van der Waals surface area (Å²) in [5.41, 5.74) is 5.50. The highest BCUT2D eigenvalue weighted by Gasteiger charge is 2.12. The van der Waals surface area contributed by atoms with Gasteiger partial charge in [0.1, 0.15) is 0 Å². The van der Waals surface area contributed by atoms with Crippen LogP contribution in [0, 0.1) is 12.3 Å². The van der Waals surface area contributed by atoms with Gasteiger partial charge in [0.2, 0.25) is 5.91 Å². The van der Waals surface area contributed by atoms with Crippen LogP contribution in [0.2, 0.25) is 0 Å². The van der Waals surface area contributed by atoms with Crippen LogP contribution in [0.1, 0.15) is 26.7 Å². The fourth-order valence-electron chi connectivity index (χ4n) is 0.763. The summed E-state index contributed by atoms with van der Waals surface area (Å²) in [5.74, 6) is 2.35. The van der Waals surface area contributed by atoms with E-state index in [1.54, 1.807) is 0 Å². The first kappa shape index (κ1) is 11.0. The van der Waals surface area contributed by atoms with Crippen molar-refractivity contribution in [3.63, 3.8) is 0 Å². The van der Waals surface area contributed by atoms with Crippen LogP contribution in [0.3, 0.4) is 0 Å². The highest BCUT2D eigenvalue weighted by atomic mass is 16.2. The molecule has 0 aromatic heterocycles. The molecule has 1 amide bonds. The Labute approximate surface area is 73.7 Å². The minimum Gasteiger partial charge on any atom is -0.351 e. The van der Waals surface area contributed by atoms with Gasteiger partial charge < -0.3 is 11.1 Å². The van der Waals surface area contributed by atoms with E-state index in [0.29, 0.717) is 12.8 Å². The zero-order chi connectivity index (χ0) is 9.56. The van der Waals surface area contributed by atoms with Gasteiger partial charge in [0, 0.05) is 12.5 Å². The van der Waals surface area contributed by atoms with E-state index < -0.39 is 6.04 Å². The predicted molar refractivity (Wildman–Crippen MR) is 49.3 cm³/mol. The quantitative estimate of drug-likeness (QED) is 0.591. The molecule has 0 saturated heterocycles. The van der Waals surface area contributed by atoms with Crippen molar-refractivity contribution in [3.05, 3.63) is 0 Å². The normalized spacial score (nSPS) is 14.5. The summed E-state index contributed by atoms with van der Waals surface area (Å²) >= 11 is 0. The highest BCUT2D eigenvalue weighted by Crippen LogP contribution is 1.91. The van der Waals surface area contributed by atoms with Crippen molar-refractivity contribution in [2.75, 3.05) is 0 Å². The van der Waals surface area contributed by atoms with E-state index >= 15 is 0 Å². The van der Waals surface area contributed by atoms with Gasteiger partial charge in [0.05, 0.1) is 6.04 Å². The Morgan fingerprint density at radius 2 is 2.33 bits per heavy atom. The molecule has 3 heteroatoms. The third-order valence-electron chi connectivity index (χ3n) is 1.59. The summed E-state index contributed by atoms with van der Waals surface area (Å²) < 4.78 is 0. The van der Waals surface area contributed by atoms with E-state index in [1.165, 1.54) is 0 Å². The van der Waals surface area contributed by atoms with Gasteiger partial charge in [-0.1, -0.05) is 6.92 Å². The van der Waals surface area contributed by atoms with Crippen molar-refractivity contribution in [3.8, 4) is 12.3 Å². The molecule has 0 aromatic carbocycles. The molecule has 3 nitrogen and oxygen atoms in total. The van der Waals surface area contributed by atoms with Crippen LogP contribution in [0.5, 0.6) is 0 Å². The molecule has 1 unspecified atom stereocenters. The molecule has 0 aliphatic carbocycles. The van der Waals surface area contributed by atoms with Crippen molar-refractivity contribution >= 4 is 5.91 Å². The number of carbonyl (C=O) groups excluding carboxylic acids is 1. The molecule has 2 atom stereocenters. The molecule has 0 saturated carbocycles. The summed E-state index contributed by atoms with van der Waals surface area (Å²) in [6, 6.07) is -0.398. The Balaban J connectivity index is 3.77. The molecular formula is C9H16N2O. The lowest BCUT2D eigenvalue weighted by Crippen LogP contribution is -2.43. The first-order chi connectivity index (χ1) is 5.61. The fourth-order valence-corrected chi connectivity index (χ4v) is 0.763. The maximum Gasteiger partial charge on any atom is 0.237 e. The summed E-state index contributed by atoms with van der Waals surface area (Å²) in [4.78, 5) is 11.2. The molecule has 0 aliphatic heterocycles. The molecular weight excluding hydrogens is 152 g/mol. The average molecular weight is 168 g/mol. The summed E-state index contributed by atoms with van der Waals surface area (Å²) in [5, 5.41) is 2.73. The van der Waals surface area contributed by atoms with Crippen LogP contribution in [0.25, 0.3) is 0 Å². The van der Waals surface area contributed by atoms with Crippen molar-refractivity contribution in [1.82, 2.24) is 5.32 Å². The molecule has 12 heavy (non-hydrogen) atoms.